The topological polar surface area (TPSA) is 12.4 Å². The highest BCUT2D eigenvalue weighted by Crippen LogP contribution is 2.27. The summed E-state index contributed by atoms with van der Waals surface area (Å²) in [5.41, 5.74) is 5.31. The monoisotopic (exact) mass is 249 g/mol. The standard InChI is InChI=1S/C18H19N/c1-18(2)13-15-10-6-7-11-16(15)17(19-18)12-14-8-4-3-5-9-14/h3-11H,12-13H2,1-2H3. The second-order valence-corrected chi connectivity index (χ2v) is 5.87. The molecule has 1 nitrogen and oxygen atoms in total. The van der Waals surface area contributed by atoms with Gasteiger partial charge in [-0.3, -0.25) is 4.99 Å². The predicted octanol–water partition coefficient (Wildman–Crippen LogP) is 4.05. The Balaban J connectivity index is 2.01. The van der Waals surface area contributed by atoms with Crippen LogP contribution >= 0.6 is 0 Å². The van der Waals surface area contributed by atoms with Gasteiger partial charge in [0, 0.05) is 12.1 Å². The molecule has 0 saturated heterocycles. The fourth-order valence-electron chi connectivity index (χ4n) is 2.81. The van der Waals surface area contributed by atoms with Gasteiger partial charge in [-0.2, -0.15) is 0 Å². The molecule has 0 radical (unpaired) electrons. The Morgan fingerprint density at radius 3 is 2.42 bits per heavy atom. The Hall–Kier alpha value is -1.89. The SMILES string of the molecule is CC1(C)Cc2ccccc2C(Cc2ccccc2)=N1. The predicted molar refractivity (Wildman–Crippen MR) is 80.9 cm³/mol. The van der Waals surface area contributed by atoms with Crippen LogP contribution in [0.3, 0.4) is 0 Å². The van der Waals surface area contributed by atoms with Gasteiger partial charge in [-0.1, -0.05) is 54.6 Å². The molecule has 3 rings (SSSR count). The van der Waals surface area contributed by atoms with E-state index < -0.39 is 0 Å². The maximum atomic E-state index is 4.97. The highest BCUT2D eigenvalue weighted by molar-refractivity contribution is 6.04. The van der Waals surface area contributed by atoms with Gasteiger partial charge in [0.15, 0.2) is 0 Å². The lowest BCUT2D eigenvalue weighted by Gasteiger charge is -2.29. The molecular weight excluding hydrogens is 230 g/mol. The van der Waals surface area contributed by atoms with Crippen molar-refractivity contribution in [3.8, 4) is 0 Å². The molecule has 19 heavy (non-hydrogen) atoms. The molecule has 0 fully saturated rings. The Bertz CT molecular complexity index is 609. The minimum Gasteiger partial charge on any atom is -0.282 e. The van der Waals surface area contributed by atoms with Crippen molar-refractivity contribution in [3.05, 3.63) is 71.3 Å². The second-order valence-electron chi connectivity index (χ2n) is 5.87. The number of fused-ring (bicyclic) bond motifs is 1. The summed E-state index contributed by atoms with van der Waals surface area (Å²) in [6.45, 7) is 4.43. The van der Waals surface area contributed by atoms with Crippen LogP contribution in [0.5, 0.6) is 0 Å². The average Bonchev–Trinajstić information content (AvgIpc) is 2.38. The van der Waals surface area contributed by atoms with Crippen LogP contribution in [0, 0.1) is 0 Å². The summed E-state index contributed by atoms with van der Waals surface area (Å²) < 4.78 is 0. The van der Waals surface area contributed by atoms with Crippen molar-refractivity contribution < 1.29 is 0 Å². The van der Waals surface area contributed by atoms with Gasteiger partial charge in [0.25, 0.3) is 0 Å². The summed E-state index contributed by atoms with van der Waals surface area (Å²) in [4.78, 5) is 4.97. The van der Waals surface area contributed by atoms with Gasteiger partial charge in [0.05, 0.1) is 5.54 Å². The van der Waals surface area contributed by atoms with E-state index in [2.05, 4.69) is 68.4 Å². The van der Waals surface area contributed by atoms with Crippen molar-refractivity contribution in [1.82, 2.24) is 0 Å². The van der Waals surface area contributed by atoms with E-state index in [-0.39, 0.29) is 5.54 Å². The van der Waals surface area contributed by atoms with Gasteiger partial charge in [0.1, 0.15) is 0 Å². The molecule has 0 saturated carbocycles. The number of rotatable bonds is 2. The Labute approximate surface area is 115 Å². The van der Waals surface area contributed by atoms with Crippen molar-refractivity contribution in [2.45, 2.75) is 32.2 Å². The van der Waals surface area contributed by atoms with Gasteiger partial charge < -0.3 is 0 Å². The van der Waals surface area contributed by atoms with Crippen LogP contribution in [-0.2, 0) is 12.8 Å². The largest absolute Gasteiger partial charge is 0.282 e. The van der Waals surface area contributed by atoms with Crippen molar-refractivity contribution >= 4 is 5.71 Å². The fourth-order valence-corrected chi connectivity index (χ4v) is 2.81. The third-order valence-electron chi connectivity index (χ3n) is 3.60. The van der Waals surface area contributed by atoms with E-state index in [9.17, 15) is 0 Å². The van der Waals surface area contributed by atoms with E-state index >= 15 is 0 Å². The minimum atomic E-state index is 0.0124. The van der Waals surface area contributed by atoms with Crippen LogP contribution in [-0.4, -0.2) is 11.3 Å². The highest BCUT2D eigenvalue weighted by Gasteiger charge is 2.26. The zero-order valence-corrected chi connectivity index (χ0v) is 11.6. The number of hydrogen-bond donors (Lipinski definition) is 0. The number of hydrogen-bond acceptors (Lipinski definition) is 1. The van der Waals surface area contributed by atoms with E-state index in [1.54, 1.807) is 0 Å². The average molecular weight is 249 g/mol. The molecule has 0 bridgehead atoms. The molecule has 2 aromatic rings. The molecule has 1 aliphatic heterocycles. The molecule has 0 aliphatic carbocycles. The lowest BCUT2D eigenvalue weighted by Crippen LogP contribution is -2.29. The van der Waals surface area contributed by atoms with Gasteiger partial charge >= 0.3 is 0 Å². The molecule has 0 amide bonds. The van der Waals surface area contributed by atoms with Crippen LogP contribution in [0.1, 0.15) is 30.5 Å². The summed E-state index contributed by atoms with van der Waals surface area (Å²) in [5, 5.41) is 0. The van der Waals surface area contributed by atoms with E-state index in [1.807, 2.05) is 0 Å². The normalized spacial score (nSPS) is 16.6. The minimum absolute atomic E-state index is 0.0124. The first kappa shape index (κ1) is 12.2. The molecular formula is C18H19N. The second kappa shape index (κ2) is 4.65. The van der Waals surface area contributed by atoms with Crippen molar-refractivity contribution in [1.29, 1.82) is 0 Å². The smallest absolute Gasteiger partial charge is 0.0596 e. The zero-order chi connectivity index (χ0) is 13.3. The maximum absolute atomic E-state index is 4.97. The van der Waals surface area contributed by atoms with E-state index in [0.717, 1.165) is 12.8 Å². The molecule has 0 atom stereocenters. The first-order chi connectivity index (χ1) is 9.14. The Morgan fingerprint density at radius 1 is 0.947 bits per heavy atom. The fraction of sp³-hybridized carbons (Fsp3) is 0.278. The van der Waals surface area contributed by atoms with Gasteiger partial charge in [-0.25, -0.2) is 0 Å². The van der Waals surface area contributed by atoms with Crippen LogP contribution in [0.4, 0.5) is 0 Å². The van der Waals surface area contributed by atoms with Gasteiger partial charge in [-0.05, 0) is 37.0 Å². The molecule has 0 N–H and O–H groups in total. The lowest BCUT2D eigenvalue weighted by atomic mass is 9.85. The summed E-state index contributed by atoms with van der Waals surface area (Å²) in [5.74, 6) is 0. The third-order valence-corrected chi connectivity index (χ3v) is 3.60. The van der Waals surface area contributed by atoms with Crippen LogP contribution in [0.15, 0.2) is 59.6 Å². The zero-order valence-electron chi connectivity index (χ0n) is 11.6. The molecule has 0 unspecified atom stereocenters. The van der Waals surface area contributed by atoms with E-state index in [1.165, 1.54) is 22.4 Å². The highest BCUT2D eigenvalue weighted by atomic mass is 14.9. The van der Waals surface area contributed by atoms with E-state index in [0.29, 0.717) is 0 Å². The molecule has 96 valence electrons. The first-order valence-electron chi connectivity index (χ1n) is 6.85. The summed E-state index contributed by atoms with van der Waals surface area (Å²) in [7, 11) is 0. The molecule has 0 aromatic heterocycles. The van der Waals surface area contributed by atoms with Gasteiger partial charge in [-0.15, -0.1) is 0 Å². The van der Waals surface area contributed by atoms with Crippen molar-refractivity contribution in [2.75, 3.05) is 0 Å². The first-order valence-corrected chi connectivity index (χ1v) is 6.85. The summed E-state index contributed by atoms with van der Waals surface area (Å²) in [6.07, 6.45) is 1.95. The van der Waals surface area contributed by atoms with Crippen molar-refractivity contribution in [3.63, 3.8) is 0 Å². The Kier molecular flexibility index (Phi) is 2.98. The summed E-state index contributed by atoms with van der Waals surface area (Å²) >= 11 is 0. The lowest BCUT2D eigenvalue weighted by molar-refractivity contribution is 0.512. The van der Waals surface area contributed by atoms with E-state index in [4.69, 9.17) is 4.99 Å². The quantitative estimate of drug-likeness (QED) is 0.761. The summed E-state index contributed by atoms with van der Waals surface area (Å²) in [6, 6.07) is 19.3. The number of aliphatic imine (C=N–C) groups is 1. The molecule has 2 aromatic carbocycles. The maximum Gasteiger partial charge on any atom is 0.0596 e. The van der Waals surface area contributed by atoms with Crippen LogP contribution in [0.2, 0.25) is 0 Å². The number of benzene rings is 2. The van der Waals surface area contributed by atoms with Gasteiger partial charge in [0.2, 0.25) is 0 Å². The Morgan fingerprint density at radius 2 is 1.63 bits per heavy atom. The van der Waals surface area contributed by atoms with Crippen molar-refractivity contribution in [2.24, 2.45) is 4.99 Å². The van der Waals surface area contributed by atoms with Crippen LogP contribution < -0.4 is 0 Å². The number of nitrogens with zero attached hydrogens (tertiary/aromatic N) is 1. The van der Waals surface area contributed by atoms with Crippen LogP contribution in [0.25, 0.3) is 0 Å². The molecule has 0 spiro atoms. The third kappa shape index (κ3) is 2.60. The molecule has 1 heterocycles. The molecule has 1 aliphatic rings. The molecule has 1 heteroatoms.